The first-order chi connectivity index (χ1) is 13.5. The number of rotatable bonds is 7. The third kappa shape index (κ3) is 5.40. The number of carbonyl (C=O) groups is 1. The molecule has 0 radical (unpaired) electrons. The van der Waals surface area contributed by atoms with Crippen molar-refractivity contribution in [1.82, 2.24) is 9.80 Å². The van der Waals surface area contributed by atoms with Crippen molar-refractivity contribution < 1.29 is 9.53 Å². The lowest BCUT2D eigenvalue weighted by Crippen LogP contribution is -2.54. The van der Waals surface area contributed by atoms with Crippen molar-refractivity contribution in [1.29, 1.82) is 0 Å². The second-order valence-electron chi connectivity index (χ2n) is 7.11. The minimum Gasteiger partial charge on any atom is -0.492 e. The molecule has 6 heteroatoms. The summed E-state index contributed by atoms with van der Waals surface area (Å²) in [6, 6.07) is 17.5. The maximum Gasteiger partial charge on any atom is 0.239 e. The van der Waals surface area contributed by atoms with E-state index in [0.717, 1.165) is 31.9 Å². The average molecular weight is 402 g/mol. The number of anilines is 1. The summed E-state index contributed by atoms with van der Waals surface area (Å²) < 4.78 is 5.74. The van der Waals surface area contributed by atoms with E-state index in [1.807, 2.05) is 48.0 Å². The van der Waals surface area contributed by atoms with Gasteiger partial charge in [-0.05, 0) is 44.3 Å². The van der Waals surface area contributed by atoms with E-state index in [1.165, 1.54) is 5.69 Å². The SMILES string of the molecule is CC(C(=O)N1CCN(c2ccccc2)CC1)N(C)CCOc1cccc(Cl)c1. The highest BCUT2D eigenvalue weighted by atomic mass is 35.5. The van der Waals surface area contributed by atoms with Crippen LogP contribution in [0.15, 0.2) is 54.6 Å². The standard InChI is InChI=1S/C22H28ClN3O2/c1-18(24(2)15-16-28-21-10-6-7-19(23)17-21)22(27)26-13-11-25(12-14-26)20-8-4-3-5-9-20/h3-10,17-18H,11-16H2,1-2H3. The number of halogens is 1. The van der Waals surface area contributed by atoms with E-state index < -0.39 is 0 Å². The third-order valence-corrected chi connectivity index (χ3v) is 5.48. The predicted molar refractivity (Wildman–Crippen MR) is 114 cm³/mol. The number of hydrogen-bond acceptors (Lipinski definition) is 4. The molecule has 0 spiro atoms. The summed E-state index contributed by atoms with van der Waals surface area (Å²) in [5, 5.41) is 0.657. The largest absolute Gasteiger partial charge is 0.492 e. The van der Waals surface area contributed by atoms with Gasteiger partial charge in [-0.2, -0.15) is 0 Å². The molecule has 28 heavy (non-hydrogen) atoms. The van der Waals surface area contributed by atoms with Gasteiger partial charge in [-0.1, -0.05) is 35.9 Å². The van der Waals surface area contributed by atoms with Crippen LogP contribution in [-0.2, 0) is 4.79 Å². The van der Waals surface area contributed by atoms with Gasteiger partial charge in [0.05, 0.1) is 6.04 Å². The van der Waals surface area contributed by atoms with Gasteiger partial charge in [-0.3, -0.25) is 9.69 Å². The van der Waals surface area contributed by atoms with Crippen LogP contribution in [0.1, 0.15) is 6.92 Å². The topological polar surface area (TPSA) is 36.0 Å². The Labute approximate surface area is 172 Å². The number of amides is 1. The Kier molecular flexibility index (Phi) is 7.18. The molecule has 1 amide bonds. The van der Waals surface area contributed by atoms with Crippen LogP contribution in [0.25, 0.3) is 0 Å². The van der Waals surface area contributed by atoms with Gasteiger partial charge < -0.3 is 14.5 Å². The van der Waals surface area contributed by atoms with Crippen molar-refractivity contribution in [2.75, 3.05) is 51.3 Å². The summed E-state index contributed by atoms with van der Waals surface area (Å²) in [5.74, 6) is 0.926. The van der Waals surface area contributed by atoms with Gasteiger partial charge in [-0.15, -0.1) is 0 Å². The van der Waals surface area contributed by atoms with Crippen LogP contribution in [-0.4, -0.2) is 68.1 Å². The first-order valence-corrected chi connectivity index (χ1v) is 10.1. The van der Waals surface area contributed by atoms with Crippen molar-refractivity contribution in [3.05, 3.63) is 59.6 Å². The van der Waals surface area contributed by atoms with Gasteiger partial charge in [0, 0.05) is 43.4 Å². The van der Waals surface area contributed by atoms with Crippen LogP contribution in [0.2, 0.25) is 5.02 Å². The number of hydrogen-bond donors (Lipinski definition) is 0. The van der Waals surface area contributed by atoms with Crippen molar-refractivity contribution in [2.45, 2.75) is 13.0 Å². The molecule has 0 N–H and O–H groups in total. The molecule has 1 heterocycles. The van der Waals surface area contributed by atoms with Crippen molar-refractivity contribution in [2.24, 2.45) is 0 Å². The van der Waals surface area contributed by atoms with E-state index in [2.05, 4.69) is 29.2 Å². The molecule has 0 bridgehead atoms. The first kappa shape index (κ1) is 20.5. The first-order valence-electron chi connectivity index (χ1n) is 9.72. The summed E-state index contributed by atoms with van der Waals surface area (Å²) in [4.78, 5) is 19.2. The Morgan fingerprint density at radius 1 is 1.11 bits per heavy atom. The molecule has 1 fully saturated rings. The maximum absolute atomic E-state index is 12.9. The zero-order chi connectivity index (χ0) is 19.9. The number of piperazine rings is 1. The molecule has 150 valence electrons. The molecular formula is C22H28ClN3O2. The summed E-state index contributed by atoms with van der Waals surface area (Å²) in [6.07, 6.45) is 0. The van der Waals surface area contributed by atoms with E-state index in [9.17, 15) is 4.79 Å². The van der Waals surface area contributed by atoms with Crippen LogP contribution < -0.4 is 9.64 Å². The number of para-hydroxylation sites is 1. The summed E-state index contributed by atoms with van der Waals surface area (Å²) >= 11 is 5.97. The van der Waals surface area contributed by atoms with Crippen molar-refractivity contribution in [3.63, 3.8) is 0 Å². The third-order valence-electron chi connectivity index (χ3n) is 5.24. The van der Waals surface area contributed by atoms with Gasteiger partial charge in [0.1, 0.15) is 12.4 Å². The Morgan fingerprint density at radius 3 is 2.50 bits per heavy atom. The summed E-state index contributed by atoms with van der Waals surface area (Å²) in [5.41, 5.74) is 1.22. The van der Waals surface area contributed by atoms with E-state index in [4.69, 9.17) is 16.3 Å². The number of likely N-dealkylation sites (N-methyl/N-ethyl adjacent to an activating group) is 1. The Hall–Kier alpha value is -2.24. The molecule has 0 saturated carbocycles. The van der Waals surface area contributed by atoms with Crippen LogP contribution in [0, 0.1) is 0 Å². The quantitative estimate of drug-likeness (QED) is 0.712. The van der Waals surface area contributed by atoms with E-state index >= 15 is 0 Å². The van der Waals surface area contributed by atoms with Gasteiger partial charge in [-0.25, -0.2) is 0 Å². The highest BCUT2D eigenvalue weighted by Crippen LogP contribution is 2.18. The maximum atomic E-state index is 12.9. The number of nitrogens with zero attached hydrogens (tertiary/aromatic N) is 3. The predicted octanol–water partition coefficient (Wildman–Crippen LogP) is 3.39. The Morgan fingerprint density at radius 2 is 1.82 bits per heavy atom. The lowest BCUT2D eigenvalue weighted by molar-refractivity contribution is -0.136. The average Bonchev–Trinajstić information content (AvgIpc) is 2.73. The zero-order valence-corrected chi connectivity index (χ0v) is 17.3. The second-order valence-corrected chi connectivity index (χ2v) is 7.55. The normalized spacial score (nSPS) is 15.6. The minimum absolute atomic E-state index is 0.175. The molecule has 1 saturated heterocycles. The van der Waals surface area contributed by atoms with Gasteiger partial charge in [0.15, 0.2) is 0 Å². The van der Waals surface area contributed by atoms with E-state index in [0.29, 0.717) is 18.2 Å². The van der Waals surface area contributed by atoms with Crippen molar-refractivity contribution >= 4 is 23.2 Å². The molecule has 5 nitrogen and oxygen atoms in total. The fourth-order valence-electron chi connectivity index (χ4n) is 3.33. The van der Waals surface area contributed by atoms with E-state index in [1.54, 1.807) is 6.07 Å². The Balaban J connectivity index is 1.43. The molecule has 0 aliphatic carbocycles. The molecule has 2 aromatic rings. The van der Waals surface area contributed by atoms with Crippen LogP contribution in [0.5, 0.6) is 5.75 Å². The van der Waals surface area contributed by atoms with Crippen molar-refractivity contribution in [3.8, 4) is 5.75 Å². The molecule has 1 aliphatic heterocycles. The molecule has 1 aliphatic rings. The van der Waals surface area contributed by atoms with E-state index in [-0.39, 0.29) is 11.9 Å². The molecule has 2 aromatic carbocycles. The number of benzene rings is 2. The highest BCUT2D eigenvalue weighted by Gasteiger charge is 2.27. The van der Waals surface area contributed by atoms with Crippen LogP contribution in [0.4, 0.5) is 5.69 Å². The minimum atomic E-state index is -0.175. The number of carbonyl (C=O) groups excluding carboxylic acids is 1. The highest BCUT2D eigenvalue weighted by molar-refractivity contribution is 6.30. The smallest absolute Gasteiger partial charge is 0.239 e. The Bertz CT molecular complexity index is 763. The van der Waals surface area contributed by atoms with Crippen LogP contribution >= 0.6 is 11.6 Å². The zero-order valence-electron chi connectivity index (χ0n) is 16.6. The molecular weight excluding hydrogens is 374 g/mol. The van der Waals surface area contributed by atoms with Gasteiger partial charge >= 0.3 is 0 Å². The molecule has 3 rings (SSSR count). The van der Waals surface area contributed by atoms with Gasteiger partial charge in [0.2, 0.25) is 5.91 Å². The fourth-order valence-corrected chi connectivity index (χ4v) is 3.51. The molecule has 1 unspecified atom stereocenters. The fraction of sp³-hybridized carbons (Fsp3) is 0.409. The lowest BCUT2D eigenvalue weighted by atomic mass is 10.2. The monoisotopic (exact) mass is 401 g/mol. The number of ether oxygens (including phenoxy) is 1. The summed E-state index contributed by atoms with van der Waals surface area (Å²) in [6.45, 7) is 6.38. The second kappa shape index (κ2) is 9.80. The summed E-state index contributed by atoms with van der Waals surface area (Å²) in [7, 11) is 1.96. The van der Waals surface area contributed by atoms with Gasteiger partial charge in [0.25, 0.3) is 0 Å². The molecule has 0 aromatic heterocycles. The lowest BCUT2D eigenvalue weighted by Gasteiger charge is -2.38. The van der Waals surface area contributed by atoms with Crippen LogP contribution in [0.3, 0.4) is 0 Å². The molecule has 1 atom stereocenters.